The summed E-state index contributed by atoms with van der Waals surface area (Å²) >= 11 is 0. The van der Waals surface area contributed by atoms with Gasteiger partial charge in [0, 0.05) is 0 Å². The van der Waals surface area contributed by atoms with E-state index in [0.29, 0.717) is 13.2 Å². The molecule has 0 aromatic heterocycles. The molecule has 0 bridgehead atoms. The van der Waals surface area contributed by atoms with E-state index in [0.717, 1.165) is 12.8 Å². The SMILES string of the molecule is CC/C=C\CO[Si](C)(C)O[Si](C)(C)OC/C=C\CC. The van der Waals surface area contributed by atoms with E-state index in [1.54, 1.807) is 0 Å². The summed E-state index contributed by atoms with van der Waals surface area (Å²) < 4.78 is 17.9. The molecular formula is C14H30O3Si2. The predicted molar refractivity (Wildman–Crippen MR) is 86.8 cm³/mol. The molecule has 0 aliphatic carbocycles. The average Bonchev–Trinajstić information content (AvgIpc) is 2.29. The zero-order chi connectivity index (χ0) is 14.8. The van der Waals surface area contributed by atoms with Gasteiger partial charge >= 0.3 is 17.1 Å². The van der Waals surface area contributed by atoms with E-state index in [-0.39, 0.29) is 0 Å². The Morgan fingerprint density at radius 2 is 1.05 bits per heavy atom. The smallest absolute Gasteiger partial charge is 0.323 e. The van der Waals surface area contributed by atoms with Crippen molar-refractivity contribution in [3.8, 4) is 0 Å². The molecule has 0 aliphatic rings. The normalized spacial score (nSPS) is 13.8. The van der Waals surface area contributed by atoms with Gasteiger partial charge in [-0.15, -0.1) is 0 Å². The van der Waals surface area contributed by atoms with Crippen LogP contribution < -0.4 is 0 Å². The molecule has 0 unspecified atom stereocenters. The molecule has 0 saturated carbocycles. The molecule has 0 radical (unpaired) electrons. The fraction of sp³-hybridized carbons (Fsp3) is 0.714. The lowest BCUT2D eigenvalue weighted by atomic mass is 10.4. The van der Waals surface area contributed by atoms with E-state index < -0.39 is 17.1 Å². The highest BCUT2D eigenvalue weighted by atomic mass is 28.5. The minimum atomic E-state index is -2.10. The summed E-state index contributed by atoms with van der Waals surface area (Å²) in [5.41, 5.74) is 0. The minimum absolute atomic E-state index is 0.632. The van der Waals surface area contributed by atoms with Crippen molar-refractivity contribution in [2.45, 2.75) is 52.9 Å². The van der Waals surface area contributed by atoms with Gasteiger partial charge in [0.2, 0.25) is 0 Å². The molecule has 0 aromatic carbocycles. The molecule has 0 N–H and O–H groups in total. The molecule has 0 aromatic rings. The highest BCUT2D eigenvalue weighted by Gasteiger charge is 2.35. The maximum atomic E-state index is 6.15. The molecule has 0 rings (SSSR count). The molecule has 5 heteroatoms. The minimum Gasteiger partial charge on any atom is -0.415 e. The lowest BCUT2D eigenvalue weighted by Crippen LogP contribution is -2.48. The van der Waals surface area contributed by atoms with E-state index in [9.17, 15) is 0 Å². The first-order chi connectivity index (χ1) is 8.83. The highest BCUT2D eigenvalue weighted by Crippen LogP contribution is 2.16. The van der Waals surface area contributed by atoms with Gasteiger partial charge in [-0.1, -0.05) is 38.2 Å². The van der Waals surface area contributed by atoms with Crippen LogP contribution in [0, 0.1) is 0 Å². The summed E-state index contributed by atoms with van der Waals surface area (Å²) in [4.78, 5) is 0. The van der Waals surface area contributed by atoms with Crippen molar-refractivity contribution >= 4 is 17.1 Å². The van der Waals surface area contributed by atoms with Crippen LogP contribution in [0.3, 0.4) is 0 Å². The third-order valence-electron chi connectivity index (χ3n) is 2.35. The number of rotatable bonds is 10. The lowest BCUT2D eigenvalue weighted by molar-refractivity contribution is 0.221. The zero-order valence-corrected chi connectivity index (χ0v) is 15.4. The summed E-state index contributed by atoms with van der Waals surface area (Å²) in [7, 11) is -4.19. The molecule has 0 fully saturated rings. The molecule has 0 heterocycles. The lowest BCUT2D eigenvalue weighted by Gasteiger charge is -2.32. The highest BCUT2D eigenvalue weighted by molar-refractivity contribution is 6.78. The molecule has 0 saturated heterocycles. The van der Waals surface area contributed by atoms with Crippen LogP contribution in [0.15, 0.2) is 24.3 Å². The van der Waals surface area contributed by atoms with Gasteiger partial charge in [0.15, 0.2) is 0 Å². The van der Waals surface area contributed by atoms with Gasteiger partial charge in [-0.2, -0.15) is 0 Å². The van der Waals surface area contributed by atoms with Crippen molar-refractivity contribution in [1.29, 1.82) is 0 Å². The molecule has 112 valence electrons. The summed E-state index contributed by atoms with van der Waals surface area (Å²) in [6.07, 6.45) is 10.4. The van der Waals surface area contributed by atoms with Gasteiger partial charge in [0.05, 0.1) is 13.2 Å². The second-order valence-electron chi connectivity index (χ2n) is 5.28. The van der Waals surface area contributed by atoms with Crippen LogP contribution in [0.25, 0.3) is 0 Å². The van der Waals surface area contributed by atoms with Gasteiger partial charge in [-0.25, -0.2) is 0 Å². The fourth-order valence-corrected chi connectivity index (χ4v) is 7.82. The predicted octanol–water partition coefficient (Wildman–Crippen LogP) is 4.37. The summed E-state index contributed by atoms with van der Waals surface area (Å²) in [6.45, 7) is 13.8. The first kappa shape index (κ1) is 18.8. The third-order valence-corrected chi connectivity index (χ3v) is 8.01. The Kier molecular flexibility index (Phi) is 9.55. The Labute approximate surface area is 121 Å². The summed E-state index contributed by atoms with van der Waals surface area (Å²) in [6, 6.07) is 0. The second-order valence-corrected chi connectivity index (χ2v) is 12.3. The average molecular weight is 303 g/mol. The molecule has 0 aliphatic heterocycles. The monoisotopic (exact) mass is 302 g/mol. The van der Waals surface area contributed by atoms with Crippen molar-refractivity contribution in [2.75, 3.05) is 13.2 Å². The van der Waals surface area contributed by atoms with E-state index in [4.69, 9.17) is 13.0 Å². The van der Waals surface area contributed by atoms with Crippen LogP contribution >= 0.6 is 0 Å². The van der Waals surface area contributed by atoms with Crippen LogP contribution in [-0.4, -0.2) is 30.3 Å². The Morgan fingerprint density at radius 3 is 1.37 bits per heavy atom. The first-order valence-electron chi connectivity index (χ1n) is 7.11. The van der Waals surface area contributed by atoms with Crippen LogP contribution in [0.4, 0.5) is 0 Å². The topological polar surface area (TPSA) is 27.7 Å². The Bertz CT molecular complexity index is 258. The number of allylic oxidation sites excluding steroid dienone is 2. The van der Waals surface area contributed by atoms with E-state index >= 15 is 0 Å². The van der Waals surface area contributed by atoms with Crippen molar-refractivity contribution in [3.05, 3.63) is 24.3 Å². The molecule has 0 atom stereocenters. The Morgan fingerprint density at radius 1 is 0.684 bits per heavy atom. The maximum absolute atomic E-state index is 6.15. The van der Waals surface area contributed by atoms with Gasteiger partial charge in [-0.05, 0) is 39.0 Å². The molecule has 3 nitrogen and oxygen atoms in total. The van der Waals surface area contributed by atoms with Gasteiger partial charge in [-0.3, -0.25) is 0 Å². The van der Waals surface area contributed by atoms with E-state index in [1.165, 1.54) is 0 Å². The zero-order valence-electron chi connectivity index (χ0n) is 13.4. The molecule has 19 heavy (non-hydrogen) atoms. The van der Waals surface area contributed by atoms with Crippen molar-refractivity contribution in [2.24, 2.45) is 0 Å². The molecular weight excluding hydrogens is 272 g/mol. The number of hydrogen-bond acceptors (Lipinski definition) is 3. The van der Waals surface area contributed by atoms with Crippen LogP contribution in [0.5, 0.6) is 0 Å². The van der Waals surface area contributed by atoms with E-state index in [1.807, 2.05) is 0 Å². The van der Waals surface area contributed by atoms with Crippen LogP contribution in [0.2, 0.25) is 26.2 Å². The quantitative estimate of drug-likeness (QED) is 0.443. The largest absolute Gasteiger partial charge is 0.415 e. The van der Waals surface area contributed by atoms with Crippen molar-refractivity contribution in [3.63, 3.8) is 0 Å². The maximum Gasteiger partial charge on any atom is 0.323 e. The van der Waals surface area contributed by atoms with Crippen LogP contribution in [0.1, 0.15) is 26.7 Å². The van der Waals surface area contributed by atoms with Gasteiger partial charge in [0.1, 0.15) is 0 Å². The second kappa shape index (κ2) is 9.66. The summed E-state index contributed by atoms with van der Waals surface area (Å²) in [5, 5.41) is 0. The Balaban J connectivity index is 4.13. The number of hydrogen-bond donors (Lipinski definition) is 0. The fourth-order valence-electron chi connectivity index (χ4n) is 1.62. The summed E-state index contributed by atoms with van der Waals surface area (Å²) in [5.74, 6) is 0. The molecule has 0 amide bonds. The van der Waals surface area contributed by atoms with Crippen LogP contribution in [-0.2, 0) is 13.0 Å². The third kappa shape index (κ3) is 11.3. The van der Waals surface area contributed by atoms with Gasteiger partial charge < -0.3 is 13.0 Å². The van der Waals surface area contributed by atoms with Crippen molar-refractivity contribution < 1.29 is 13.0 Å². The first-order valence-corrected chi connectivity index (χ1v) is 12.7. The van der Waals surface area contributed by atoms with E-state index in [2.05, 4.69) is 64.3 Å². The standard InChI is InChI=1S/C14H30O3Si2/c1-7-9-11-13-15-18(3,4)17-19(5,6)16-14-12-10-8-2/h9-12H,7-8,13-14H2,1-6H3/b11-9-,12-10-. The van der Waals surface area contributed by atoms with Gasteiger partial charge in [0.25, 0.3) is 0 Å². The molecule has 0 spiro atoms. The van der Waals surface area contributed by atoms with Crippen molar-refractivity contribution in [1.82, 2.24) is 0 Å². The Hall–Kier alpha value is -0.206.